The number of nitriles is 1. The number of hydrogen-bond acceptors (Lipinski definition) is 5. The molecule has 1 atom stereocenters. The molecule has 0 radical (unpaired) electrons. The number of nitrogens with zero attached hydrogens (tertiary/aromatic N) is 2. The number of nitrogens with two attached hydrogens (primary N) is 1. The average Bonchev–Trinajstić information content (AvgIpc) is 2.28. The third-order valence-corrected chi connectivity index (χ3v) is 2.52. The number of nitro groups is 1. The van der Waals surface area contributed by atoms with Gasteiger partial charge in [0.05, 0.1) is 17.6 Å². The molecule has 6 heteroatoms. The first-order chi connectivity index (χ1) is 8.37. The number of nitro benzene ring substituents is 1. The Balaban J connectivity index is 2.78. The van der Waals surface area contributed by atoms with Crippen LogP contribution in [0.15, 0.2) is 18.2 Å². The van der Waals surface area contributed by atoms with Crippen LogP contribution < -0.4 is 10.5 Å². The van der Waals surface area contributed by atoms with Crippen molar-refractivity contribution < 1.29 is 9.66 Å². The predicted octanol–water partition coefficient (Wildman–Crippen LogP) is 1.91. The number of hydrogen-bond donors (Lipinski definition) is 1. The molecule has 1 aromatic rings. The second kappa shape index (κ2) is 5.47. The third-order valence-electron chi connectivity index (χ3n) is 2.52. The minimum Gasteiger partial charge on any atom is -0.487 e. The molecule has 2 N–H and O–H groups in total. The largest absolute Gasteiger partial charge is 0.487 e. The van der Waals surface area contributed by atoms with Crippen molar-refractivity contribution >= 4 is 5.69 Å². The Morgan fingerprint density at radius 1 is 1.61 bits per heavy atom. The van der Waals surface area contributed by atoms with Crippen LogP contribution >= 0.6 is 0 Å². The first kappa shape index (κ1) is 13.9. The summed E-state index contributed by atoms with van der Waals surface area (Å²) in [6.45, 7) is 3.39. The Labute approximate surface area is 105 Å². The van der Waals surface area contributed by atoms with Gasteiger partial charge in [0.15, 0.2) is 5.75 Å². The topological polar surface area (TPSA) is 102 Å². The summed E-state index contributed by atoms with van der Waals surface area (Å²) in [5.41, 5.74) is 5.13. The van der Waals surface area contributed by atoms with Crippen molar-refractivity contribution in [3.63, 3.8) is 0 Å². The minimum atomic E-state index is -0.987. The molecule has 0 aliphatic carbocycles. The molecule has 96 valence electrons. The van der Waals surface area contributed by atoms with E-state index in [0.29, 0.717) is 12.0 Å². The van der Waals surface area contributed by atoms with Gasteiger partial charge in [-0.1, -0.05) is 12.1 Å². The average molecular weight is 249 g/mol. The molecular weight excluding hydrogens is 234 g/mol. The highest BCUT2D eigenvalue weighted by molar-refractivity contribution is 5.52. The van der Waals surface area contributed by atoms with Gasteiger partial charge in [0.1, 0.15) is 5.54 Å². The van der Waals surface area contributed by atoms with Crippen molar-refractivity contribution in [2.24, 2.45) is 5.73 Å². The molecule has 0 amide bonds. The lowest BCUT2D eigenvalue weighted by molar-refractivity contribution is -0.386. The second-order valence-electron chi connectivity index (χ2n) is 4.31. The van der Waals surface area contributed by atoms with Crippen molar-refractivity contribution in [3.05, 3.63) is 33.9 Å². The molecule has 1 unspecified atom stereocenters. The van der Waals surface area contributed by atoms with Crippen LogP contribution in [0, 0.1) is 28.4 Å². The van der Waals surface area contributed by atoms with Crippen LogP contribution in [0.25, 0.3) is 0 Å². The van der Waals surface area contributed by atoms with E-state index in [1.807, 2.05) is 6.07 Å². The molecule has 6 nitrogen and oxygen atoms in total. The summed E-state index contributed by atoms with van der Waals surface area (Å²) in [5.74, 6) is 0.203. The molecular formula is C12H15N3O3. The Morgan fingerprint density at radius 2 is 2.28 bits per heavy atom. The summed E-state index contributed by atoms with van der Waals surface area (Å²) in [5, 5.41) is 19.6. The molecule has 0 aliphatic rings. The standard InChI is InChI=1S/C12H15N3O3/c1-9-4-3-5-10(11(9)15(16)17)18-7-6-12(2,14)8-13/h3-5H,6-7,14H2,1-2H3. The van der Waals surface area contributed by atoms with Gasteiger partial charge in [0.25, 0.3) is 0 Å². The number of rotatable bonds is 5. The first-order valence-corrected chi connectivity index (χ1v) is 5.44. The van der Waals surface area contributed by atoms with E-state index in [4.69, 9.17) is 15.7 Å². The van der Waals surface area contributed by atoms with Crippen molar-refractivity contribution in [2.45, 2.75) is 25.8 Å². The van der Waals surface area contributed by atoms with Crippen LogP contribution in [0.4, 0.5) is 5.69 Å². The van der Waals surface area contributed by atoms with Gasteiger partial charge in [0.2, 0.25) is 0 Å². The Morgan fingerprint density at radius 3 is 2.83 bits per heavy atom. The van der Waals surface area contributed by atoms with Crippen LogP contribution in [-0.2, 0) is 0 Å². The van der Waals surface area contributed by atoms with Gasteiger partial charge in [-0.05, 0) is 19.9 Å². The van der Waals surface area contributed by atoms with Gasteiger partial charge in [-0.3, -0.25) is 10.1 Å². The smallest absolute Gasteiger partial charge is 0.313 e. The molecule has 1 rings (SSSR count). The van der Waals surface area contributed by atoms with Crippen LogP contribution in [0.5, 0.6) is 5.75 Å². The van der Waals surface area contributed by atoms with Crippen LogP contribution in [-0.4, -0.2) is 17.1 Å². The molecule has 0 aliphatic heterocycles. The zero-order valence-corrected chi connectivity index (χ0v) is 10.3. The van der Waals surface area contributed by atoms with Gasteiger partial charge < -0.3 is 10.5 Å². The quantitative estimate of drug-likeness (QED) is 0.634. The summed E-state index contributed by atoms with van der Waals surface area (Å²) in [7, 11) is 0. The molecule has 0 spiro atoms. The summed E-state index contributed by atoms with van der Waals surface area (Å²) >= 11 is 0. The highest BCUT2D eigenvalue weighted by Crippen LogP contribution is 2.30. The molecule has 0 fully saturated rings. The maximum absolute atomic E-state index is 10.9. The fourth-order valence-corrected chi connectivity index (χ4v) is 1.41. The maximum Gasteiger partial charge on any atom is 0.313 e. The van der Waals surface area contributed by atoms with Crippen LogP contribution in [0.1, 0.15) is 18.9 Å². The van der Waals surface area contributed by atoms with Gasteiger partial charge in [-0.15, -0.1) is 0 Å². The van der Waals surface area contributed by atoms with Crippen LogP contribution in [0.2, 0.25) is 0 Å². The SMILES string of the molecule is Cc1cccc(OCCC(C)(N)C#N)c1[N+](=O)[O-]. The molecule has 0 aromatic heterocycles. The van der Waals surface area contributed by atoms with Crippen LogP contribution in [0.3, 0.4) is 0 Å². The fourth-order valence-electron chi connectivity index (χ4n) is 1.41. The number of benzene rings is 1. The highest BCUT2D eigenvalue weighted by atomic mass is 16.6. The molecule has 0 saturated carbocycles. The summed E-state index contributed by atoms with van der Waals surface area (Å²) < 4.78 is 5.34. The van der Waals surface area contributed by atoms with E-state index in [9.17, 15) is 10.1 Å². The normalized spacial score (nSPS) is 13.4. The van der Waals surface area contributed by atoms with Gasteiger partial charge in [-0.2, -0.15) is 5.26 Å². The van der Waals surface area contributed by atoms with E-state index in [1.54, 1.807) is 26.0 Å². The molecule has 1 aromatic carbocycles. The van der Waals surface area contributed by atoms with E-state index in [1.165, 1.54) is 6.07 Å². The lowest BCUT2D eigenvalue weighted by Gasteiger charge is -2.15. The summed E-state index contributed by atoms with van der Waals surface area (Å²) in [4.78, 5) is 10.4. The van der Waals surface area contributed by atoms with E-state index in [0.717, 1.165) is 0 Å². The van der Waals surface area contributed by atoms with Gasteiger partial charge in [-0.25, -0.2) is 0 Å². The first-order valence-electron chi connectivity index (χ1n) is 5.44. The van der Waals surface area contributed by atoms with Crippen molar-refractivity contribution in [1.82, 2.24) is 0 Å². The summed E-state index contributed by atoms with van der Waals surface area (Å²) in [6, 6.07) is 6.80. The van der Waals surface area contributed by atoms with Gasteiger partial charge >= 0.3 is 5.69 Å². The molecule has 18 heavy (non-hydrogen) atoms. The zero-order valence-electron chi connectivity index (χ0n) is 10.3. The lowest BCUT2D eigenvalue weighted by Crippen LogP contribution is -2.35. The van der Waals surface area contributed by atoms with E-state index >= 15 is 0 Å². The molecule has 0 saturated heterocycles. The third kappa shape index (κ3) is 3.43. The number of ether oxygens (including phenoxy) is 1. The zero-order chi connectivity index (χ0) is 13.8. The Hall–Kier alpha value is -2.13. The Bertz CT molecular complexity index is 492. The summed E-state index contributed by atoms with van der Waals surface area (Å²) in [6.07, 6.45) is 0.300. The molecule has 0 heterocycles. The van der Waals surface area contributed by atoms with E-state index in [-0.39, 0.29) is 18.0 Å². The monoisotopic (exact) mass is 249 g/mol. The predicted molar refractivity (Wildman–Crippen MR) is 66.2 cm³/mol. The van der Waals surface area contributed by atoms with E-state index in [2.05, 4.69) is 0 Å². The highest BCUT2D eigenvalue weighted by Gasteiger charge is 2.20. The van der Waals surface area contributed by atoms with Gasteiger partial charge in [0, 0.05) is 12.0 Å². The lowest BCUT2D eigenvalue weighted by atomic mass is 10.0. The second-order valence-corrected chi connectivity index (χ2v) is 4.31. The number of aryl methyl sites for hydroxylation is 1. The minimum absolute atomic E-state index is 0.0480. The molecule has 0 bridgehead atoms. The fraction of sp³-hybridized carbons (Fsp3) is 0.417. The number of para-hydroxylation sites is 1. The Kier molecular flexibility index (Phi) is 4.23. The van der Waals surface area contributed by atoms with E-state index < -0.39 is 10.5 Å². The maximum atomic E-state index is 10.9. The van der Waals surface area contributed by atoms with Crippen molar-refractivity contribution in [2.75, 3.05) is 6.61 Å². The van der Waals surface area contributed by atoms with Crippen molar-refractivity contribution in [3.8, 4) is 11.8 Å². The van der Waals surface area contributed by atoms with Crippen molar-refractivity contribution in [1.29, 1.82) is 5.26 Å².